The standard InChI is InChI=1S/C48H46N6O8.C37H37N7O8/c1-29-24-33(25-30(2)45(29)62-47(58)44-36-26-34(60-4)16-18-40(36)53(3)41-19-17-35(61-5)27-37(41)44)46(57)52-28-51-43(56)21-20-42(55)49-22-23-50-48(59)54-38-12-8-6-10-31(38)14-15-32-11-7-9-13-39(32)54;1-19-14-21(34(46)39-18-38-29(45)13-12-28-40-31-33(41-28)43(4)37(49)44(5)35(31)47)15-20(2)32(19)52-36(48)30-24-16-22(50-6)8-10-26(24)42(3)27-11-9-23(51-7)17-25(27)30/h6-19,24-27H,20-23,28H2,1-5H3,(H3-,49,50,51,52,55,56,57,59);8-11,14-17H,12-13,18H2,1-7H3,(H2-,38,39,40,41,45,46,47)/p+2. The molecule has 4 aromatic heterocycles. The number of methoxy groups -OCH3 is 4. The molecule has 7 amide bonds. The maximum absolute atomic E-state index is 14.1. The molecule has 7 N–H and O–H groups in total. The third-order valence-corrected chi connectivity index (χ3v) is 19.7. The molecule has 0 spiro atoms. The fraction of sp³-hybridized carbons (Fsp3) is 0.235. The molecule has 584 valence electrons. The van der Waals surface area contributed by atoms with Crippen LogP contribution in [0.25, 0.3) is 66.9 Å². The van der Waals surface area contributed by atoms with Crippen molar-refractivity contribution in [1.29, 1.82) is 0 Å². The zero-order valence-electron chi connectivity index (χ0n) is 64.9. The van der Waals surface area contributed by atoms with Crippen LogP contribution in [-0.4, -0.2) is 121 Å². The highest BCUT2D eigenvalue weighted by Gasteiger charge is 2.30. The number of carbonyl (C=O) groups is 8. The lowest BCUT2D eigenvalue weighted by molar-refractivity contribution is -0.617. The highest BCUT2D eigenvalue weighted by molar-refractivity contribution is 6.15. The smallest absolute Gasteiger partial charge is 0.345 e. The number of benzene rings is 8. The fourth-order valence-corrected chi connectivity index (χ4v) is 13.8. The minimum atomic E-state index is -0.590. The first-order valence-corrected chi connectivity index (χ1v) is 36.4. The zero-order valence-corrected chi connectivity index (χ0v) is 64.9. The van der Waals surface area contributed by atoms with Gasteiger partial charge in [-0.3, -0.25) is 42.8 Å². The number of fused-ring (bicyclic) bond motifs is 7. The number of hydrogen-bond acceptors (Lipinski definition) is 17. The van der Waals surface area contributed by atoms with Crippen LogP contribution < -0.4 is 85.6 Å². The summed E-state index contributed by atoms with van der Waals surface area (Å²) < 4.78 is 40.3. The van der Waals surface area contributed by atoms with Crippen molar-refractivity contribution >= 4 is 126 Å². The van der Waals surface area contributed by atoms with Gasteiger partial charge in [0.2, 0.25) is 39.8 Å². The Hall–Kier alpha value is -14.3. The van der Waals surface area contributed by atoms with Crippen molar-refractivity contribution in [3.05, 3.63) is 228 Å². The molecule has 0 atom stereocenters. The summed E-state index contributed by atoms with van der Waals surface area (Å²) in [5.41, 5.74) is 9.37. The van der Waals surface area contributed by atoms with Crippen LogP contribution in [0.5, 0.6) is 34.5 Å². The summed E-state index contributed by atoms with van der Waals surface area (Å²) >= 11 is 0. The number of hydrogen-bond donors (Lipinski definition) is 7. The van der Waals surface area contributed by atoms with E-state index in [4.69, 9.17) is 28.4 Å². The Bertz CT molecular complexity index is 5860. The molecule has 0 radical (unpaired) electrons. The number of pyridine rings is 2. The first-order chi connectivity index (χ1) is 54.8. The van der Waals surface area contributed by atoms with E-state index in [1.807, 2.05) is 132 Å². The SMILES string of the molecule is COc1ccc2c(c1)c(C(=O)Oc1c(C)cc(C(=O)NCNC(=O)CCC(=O)NCCNC(=O)N3c4ccccc4C=Cc4ccccc43)cc1C)c1cc(OC)ccc1[n+]2C.COc1ccc2c(c1)c(C(=O)Oc1c(C)cc(C(=O)NCNC(=O)CCc3nc4c([nH]3)c(=O)n(C)c(=O)n4C)cc1C)c1cc(OC)ccc1[n+]2C. The van der Waals surface area contributed by atoms with Crippen molar-refractivity contribution in [2.45, 2.75) is 53.4 Å². The van der Waals surface area contributed by atoms with Gasteiger partial charge in [-0.1, -0.05) is 48.6 Å². The van der Waals surface area contributed by atoms with Gasteiger partial charge in [-0.15, -0.1) is 0 Å². The first kappa shape index (κ1) is 79.3. The number of aryl methyl sites for hydroxylation is 8. The third-order valence-electron chi connectivity index (χ3n) is 19.7. The predicted octanol–water partition coefficient (Wildman–Crippen LogP) is 8.78. The summed E-state index contributed by atoms with van der Waals surface area (Å²) in [6, 6.07) is 43.4. The molecule has 0 bridgehead atoms. The summed E-state index contributed by atoms with van der Waals surface area (Å²) in [4.78, 5) is 139. The van der Waals surface area contributed by atoms with E-state index in [1.54, 1.807) is 110 Å². The molecule has 8 aromatic carbocycles. The van der Waals surface area contributed by atoms with Crippen molar-refractivity contribution in [2.75, 3.05) is 59.8 Å². The van der Waals surface area contributed by atoms with Gasteiger partial charge >= 0.3 is 23.7 Å². The predicted molar refractivity (Wildman–Crippen MR) is 429 cm³/mol. The van der Waals surface area contributed by atoms with Crippen LogP contribution >= 0.6 is 0 Å². The number of amides is 7. The molecule has 0 fully saturated rings. The quantitative estimate of drug-likeness (QED) is 0.00785. The lowest BCUT2D eigenvalue weighted by Crippen LogP contribution is -2.41. The number of anilines is 2. The first-order valence-electron chi connectivity index (χ1n) is 36.4. The van der Waals surface area contributed by atoms with Crippen molar-refractivity contribution < 1.29 is 75.9 Å². The number of urea groups is 1. The Morgan fingerprint density at radius 2 is 0.833 bits per heavy atom. The van der Waals surface area contributed by atoms with Crippen LogP contribution in [0.1, 0.15) is 99.9 Å². The lowest BCUT2D eigenvalue weighted by atomic mass is 10.0. The van der Waals surface area contributed by atoms with Crippen LogP contribution in [-0.2, 0) is 49.0 Å². The lowest BCUT2D eigenvalue weighted by Gasteiger charge is -2.25. The van der Waals surface area contributed by atoms with Gasteiger partial charge in [0, 0.05) is 88.3 Å². The van der Waals surface area contributed by atoms with E-state index in [0.29, 0.717) is 106 Å². The molecule has 13 rings (SSSR count). The maximum Gasteiger partial charge on any atom is 0.345 e. The van der Waals surface area contributed by atoms with Crippen molar-refractivity contribution in [1.82, 2.24) is 51.0 Å². The summed E-state index contributed by atoms with van der Waals surface area (Å²) in [6.07, 6.45) is 3.95. The van der Waals surface area contributed by atoms with Gasteiger partial charge in [0.05, 0.1) is 85.8 Å². The summed E-state index contributed by atoms with van der Waals surface area (Å²) in [7, 11) is 13.0. The van der Waals surface area contributed by atoms with Gasteiger partial charge in [-0.25, -0.2) is 24.2 Å². The second-order valence-electron chi connectivity index (χ2n) is 27.1. The minimum absolute atomic E-state index is 0.0199. The third kappa shape index (κ3) is 16.7. The van der Waals surface area contributed by atoms with Gasteiger partial charge in [0.1, 0.15) is 59.9 Å². The molecule has 114 heavy (non-hydrogen) atoms. The Morgan fingerprint density at radius 3 is 1.24 bits per heavy atom. The number of H-pyrrole nitrogens is 1. The van der Waals surface area contributed by atoms with E-state index in [1.165, 1.54) is 18.7 Å². The van der Waals surface area contributed by atoms with Gasteiger partial charge in [0.15, 0.2) is 5.65 Å². The fourth-order valence-electron chi connectivity index (χ4n) is 13.8. The van der Waals surface area contributed by atoms with Crippen LogP contribution in [0, 0.1) is 27.7 Å². The van der Waals surface area contributed by atoms with Crippen LogP contribution in [0.3, 0.4) is 0 Å². The molecule has 29 heteroatoms. The van der Waals surface area contributed by atoms with Crippen LogP contribution in [0.15, 0.2) is 155 Å². The number of rotatable bonds is 23. The number of carbonyl (C=O) groups excluding carboxylic acids is 8. The van der Waals surface area contributed by atoms with E-state index in [2.05, 4.69) is 41.9 Å². The van der Waals surface area contributed by atoms with Crippen molar-refractivity contribution in [2.24, 2.45) is 28.2 Å². The van der Waals surface area contributed by atoms with Crippen LogP contribution in [0.4, 0.5) is 16.2 Å². The number of aromatic amines is 1. The molecular formula is C85H85N13O16+2. The van der Waals surface area contributed by atoms with Gasteiger partial charge < -0.3 is 65.3 Å². The summed E-state index contributed by atoms with van der Waals surface area (Å²) in [5.74, 6) is 0.102. The van der Waals surface area contributed by atoms with Gasteiger partial charge in [0.25, 0.3) is 17.4 Å². The number of ether oxygens (including phenoxy) is 6. The van der Waals surface area contributed by atoms with Gasteiger partial charge in [-0.2, -0.15) is 9.13 Å². The average Bonchev–Trinajstić information content (AvgIpc) is 1.04. The second-order valence-corrected chi connectivity index (χ2v) is 27.1. The molecule has 0 aliphatic carbocycles. The highest BCUT2D eigenvalue weighted by Crippen LogP contribution is 2.38. The second kappa shape index (κ2) is 34.3. The maximum atomic E-state index is 14.1. The normalized spacial score (nSPS) is 11.4. The van der Waals surface area contributed by atoms with E-state index in [-0.39, 0.29) is 81.1 Å². The monoisotopic (exact) mass is 1540 g/mol. The molecule has 5 heterocycles. The average molecular weight is 1540 g/mol. The largest absolute Gasteiger partial charge is 0.497 e. The van der Waals surface area contributed by atoms with Gasteiger partial charge in [-0.05, 0) is 146 Å². The number of esters is 2. The summed E-state index contributed by atoms with van der Waals surface area (Å²) in [6.45, 7) is 7.00. The summed E-state index contributed by atoms with van der Waals surface area (Å²) in [5, 5.41) is 18.7. The molecule has 1 aliphatic rings. The van der Waals surface area contributed by atoms with Crippen LogP contribution in [0.2, 0.25) is 0 Å². The van der Waals surface area contributed by atoms with E-state index in [0.717, 1.165) is 49.1 Å². The number of aromatic nitrogens is 6. The Balaban J connectivity index is 0.000000214. The Labute approximate surface area is 653 Å². The van der Waals surface area contributed by atoms with E-state index < -0.39 is 40.9 Å². The number of imidazole rings is 1. The number of para-hydroxylation sites is 2. The molecule has 29 nitrogen and oxygen atoms in total. The Kier molecular flexibility index (Phi) is 23.9. The van der Waals surface area contributed by atoms with E-state index in [9.17, 15) is 47.9 Å². The molecule has 0 saturated carbocycles. The zero-order chi connectivity index (χ0) is 81.3. The minimum Gasteiger partial charge on any atom is -0.497 e. The van der Waals surface area contributed by atoms with E-state index >= 15 is 0 Å². The molecule has 1 aliphatic heterocycles. The Morgan fingerprint density at radius 1 is 0.456 bits per heavy atom. The molecule has 0 saturated heterocycles. The topological polar surface area (TPSA) is 348 Å². The molecule has 0 unspecified atom stereocenters. The molecular weight excluding hydrogens is 1460 g/mol. The highest BCUT2D eigenvalue weighted by atomic mass is 16.5. The molecule has 12 aromatic rings. The number of nitrogens with zero attached hydrogens (tertiary/aromatic N) is 6. The van der Waals surface area contributed by atoms with Crippen molar-refractivity contribution in [3.8, 4) is 34.5 Å². The number of nitrogens with one attached hydrogen (secondary N) is 7. The van der Waals surface area contributed by atoms with Crippen molar-refractivity contribution in [3.63, 3.8) is 0 Å².